The topological polar surface area (TPSA) is 64.7 Å². The summed E-state index contributed by atoms with van der Waals surface area (Å²) in [6.45, 7) is 0.846. The van der Waals surface area contributed by atoms with E-state index in [4.69, 9.17) is 46.4 Å². The molecule has 0 saturated heterocycles. The number of hydrogen-bond acceptors (Lipinski definition) is 3. The van der Waals surface area contributed by atoms with Crippen LogP contribution in [0.1, 0.15) is 12.0 Å². The Kier molecular flexibility index (Phi) is 6.09. The first-order valence-electron chi connectivity index (χ1n) is 7.55. The van der Waals surface area contributed by atoms with Crippen molar-refractivity contribution < 1.29 is 4.79 Å². The van der Waals surface area contributed by atoms with E-state index < -0.39 is 0 Å². The van der Waals surface area contributed by atoms with Crippen molar-refractivity contribution in [3.8, 4) is 0 Å². The van der Waals surface area contributed by atoms with E-state index in [1.165, 1.54) is 6.20 Å². The Morgan fingerprint density at radius 3 is 2.54 bits per heavy atom. The smallest absolute Gasteiger partial charge is 0.227 e. The lowest BCUT2D eigenvalue weighted by Gasteiger charge is -2.04. The summed E-state index contributed by atoms with van der Waals surface area (Å²) in [6.07, 6.45) is 5.01. The summed E-state index contributed by atoms with van der Waals surface area (Å²) in [4.78, 5) is 12.1. The normalized spacial score (nSPS) is 10.9. The fraction of sp³-hybridized carbons (Fsp3) is 0.188. The van der Waals surface area contributed by atoms with Gasteiger partial charge in [-0.25, -0.2) is 0 Å². The predicted octanol–water partition coefficient (Wildman–Crippen LogP) is 4.77. The number of amides is 1. The van der Waals surface area contributed by atoms with Crippen LogP contribution in [0.4, 0.5) is 5.82 Å². The minimum Gasteiger partial charge on any atom is -0.308 e. The number of anilines is 1. The second-order valence-electron chi connectivity index (χ2n) is 5.49. The molecule has 136 valence electrons. The average Bonchev–Trinajstić information content (AvgIpc) is 3.15. The minimum absolute atomic E-state index is 0.216. The predicted molar refractivity (Wildman–Crippen MR) is 103 cm³/mol. The van der Waals surface area contributed by atoms with Gasteiger partial charge in [0.15, 0.2) is 5.82 Å². The number of rotatable bonds is 6. The summed E-state index contributed by atoms with van der Waals surface area (Å²) in [6, 6.07) is 5.32. The molecular formula is C16H13Cl4N5O. The van der Waals surface area contributed by atoms with Crippen LogP contribution < -0.4 is 5.32 Å². The zero-order valence-corrected chi connectivity index (χ0v) is 16.3. The van der Waals surface area contributed by atoms with Crippen LogP contribution in [-0.2, 0) is 17.9 Å². The number of aryl methyl sites for hydroxylation is 1. The van der Waals surface area contributed by atoms with Gasteiger partial charge < -0.3 is 5.32 Å². The molecule has 0 spiro atoms. The van der Waals surface area contributed by atoms with Crippen LogP contribution >= 0.6 is 46.4 Å². The molecule has 1 aromatic carbocycles. The van der Waals surface area contributed by atoms with E-state index in [1.807, 2.05) is 6.07 Å². The lowest BCUT2D eigenvalue weighted by molar-refractivity contribution is -0.116. The standard InChI is InChI=1S/C16H13Cl4N5O/c17-11-6-21-24(8-11)4-3-15(26)22-16-14(20)9-25(23-16)7-10-1-2-12(18)13(19)5-10/h1-2,5-6,8-9H,3-4,7H2,(H,22,23,26). The van der Waals surface area contributed by atoms with Crippen molar-refractivity contribution in [2.45, 2.75) is 19.5 Å². The highest BCUT2D eigenvalue weighted by atomic mass is 35.5. The third-order valence-electron chi connectivity index (χ3n) is 3.47. The summed E-state index contributed by atoms with van der Waals surface area (Å²) in [5, 5.41) is 12.8. The van der Waals surface area contributed by atoms with E-state index in [0.717, 1.165) is 5.56 Å². The van der Waals surface area contributed by atoms with Crippen LogP contribution in [0.15, 0.2) is 36.8 Å². The van der Waals surface area contributed by atoms with E-state index in [-0.39, 0.29) is 12.3 Å². The zero-order chi connectivity index (χ0) is 18.7. The third-order valence-corrected chi connectivity index (χ3v) is 4.68. The van der Waals surface area contributed by atoms with Crippen molar-refractivity contribution in [2.75, 3.05) is 5.32 Å². The van der Waals surface area contributed by atoms with Gasteiger partial charge >= 0.3 is 0 Å². The summed E-state index contributed by atoms with van der Waals surface area (Å²) in [5.74, 6) is 0.0773. The maximum atomic E-state index is 12.1. The molecule has 0 aliphatic carbocycles. The van der Waals surface area contributed by atoms with Crippen LogP contribution in [-0.4, -0.2) is 25.5 Å². The molecule has 26 heavy (non-hydrogen) atoms. The lowest BCUT2D eigenvalue weighted by atomic mass is 10.2. The summed E-state index contributed by atoms with van der Waals surface area (Å²) >= 11 is 23.9. The Morgan fingerprint density at radius 2 is 1.85 bits per heavy atom. The van der Waals surface area contributed by atoms with E-state index >= 15 is 0 Å². The molecule has 3 aromatic rings. The van der Waals surface area contributed by atoms with Gasteiger partial charge in [0, 0.05) is 25.4 Å². The highest BCUT2D eigenvalue weighted by Crippen LogP contribution is 2.24. The molecule has 0 atom stereocenters. The van der Waals surface area contributed by atoms with E-state index in [1.54, 1.807) is 33.9 Å². The molecule has 3 rings (SSSR count). The highest BCUT2D eigenvalue weighted by Gasteiger charge is 2.12. The SMILES string of the molecule is O=C(CCn1cc(Cl)cn1)Nc1nn(Cc2ccc(Cl)c(Cl)c2)cc1Cl. The lowest BCUT2D eigenvalue weighted by Crippen LogP contribution is -2.15. The molecule has 0 aliphatic rings. The van der Waals surface area contributed by atoms with Gasteiger partial charge in [-0.2, -0.15) is 10.2 Å². The van der Waals surface area contributed by atoms with Gasteiger partial charge in [0.05, 0.1) is 27.8 Å². The number of benzene rings is 1. The Morgan fingerprint density at radius 1 is 1.04 bits per heavy atom. The number of carbonyl (C=O) groups is 1. The van der Waals surface area contributed by atoms with Crippen LogP contribution in [0.2, 0.25) is 20.1 Å². The molecule has 0 saturated carbocycles. The number of nitrogens with one attached hydrogen (secondary N) is 1. The van der Waals surface area contributed by atoms with Crippen molar-refractivity contribution in [1.29, 1.82) is 0 Å². The molecule has 2 heterocycles. The first kappa shape index (κ1) is 19.0. The molecule has 10 heteroatoms. The largest absolute Gasteiger partial charge is 0.308 e. The number of halogens is 4. The van der Waals surface area contributed by atoms with Gasteiger partial charge in [-0.15, -0.1) is 0 Å². The van der Waals surface area contributed by atoms with Crippen LogP contribution in [0, 0.1) is 0 Å². The van der Waals surface area contributed by atoms with Gasteiger partial charge in [0.1, 0.15) is 5.02 Å². The summed E-state index contributed by atoms with van der Waals surface area (Å²) < 4.78 is 3.21. The summed E-state index contributed by atoms with van der Waals surface area (Å²) in [5.41, 5.74) is 0.909. The second kappa shape index (κ2) is 8.31. The molecule has 6 nitrogen and oxygen atoms in total. The Bertz CT molecular complexity index is 937. The molecule has 1 amide bonds. The van der Waals surface area contributed by atoms with E-state index in [0.29, 0.717) is 39.0 Å². The molecule has 2 aromatic heterocycles. The average molecular weight is 433 g/mol. The fourth-order valence-electron chi connectivity index (χ4n) is 2.26. The maximum absolute atomic E-state index is 12.1. The summed E-state index contributed by atoms with van der Waals surface area (Å²) in [7, 11) is 0. The number of nitrogens with zero attached hydrogens (tertiary/aromatic N) is 4. The van der Waals surface area contributed by atoms with E-state index in [2.05, 4.69) is 15.5 Å². The Labute approximate surface area is 169 Å². The molecule has 0 radical (unpaired) electrons. The zero-order valence-electron chi connectivity index (χ0n) is 13.3. The molecule has 0 fully saturated rings. The molecule has 0 aliphatic heterocycles. The van der Waals surface area contributed by atoms with Crippen molar-refractivity contribution in [1.82, 2.24) is 19.6 Å². The number of hydrogen-bond donors (Lipinski definition) is 1. The number of carbonyl (C=O) groups excluding carboxylic acids is 1. The van der Waals surface area contributed by atoms with Gasteiger partial charge in [0.25, 0.3) is 0 Å². The highest BCUT2D eigenvalue weighted by molar-refractivity contribution is 6.42. The second-order valence-corrected chi connectivity index (χ2v) is 7.15. The van der Waals surface area contributed by atoms with Gasteiger partial charge in [0.2, 0.25) is 5.91 Å². The molecule has 0 bridgehead atoms. The third kappa shape index (κ3) is 4.92. The molecular weight excluding hydrogens is 420 g/mol. The maximum Gasteiger partial charge on any atom is 0.227 e. The van der Waals surface area contributed by atoms with Crippen molar-refractivity contribution in [3.05, 3.63) is 62.4 Å². The minimum atomic E-state index is -0.224. The first-order chi connectivity index (χ1) is 12.4. The quantitative estimate of drug-likeness (QED) is 0.610. The van der Waals surface area contributed by atoms with Gasteiger partial charge in [-0.1, -0.05) is 52.5 Å². The van der Waals surface area contributed by atoms with Crippen molar-refractivity contribution in [3.63, 3.8) is 0 Å². The Hall–Kier alpha value is -1.73. The fourth-order valence-corrected chi connectivity index (χ4v) is 2.93. The number of aromatic nitrogens is 4. The Balaban J connectivity index is 1.60. The van der Waals surface area contributed by atoms with Crippen molar-refractivity contribution in [2.24, 2.45) is 0 Å². The van der Waals surface area contributed by atoms with Crippen LogP contribution in [0.5, 0.6) is 0 Å². The van der Waals surface area contributed by atoms with Crippen molar-refractivity contribution >= 4 is 58.1 Å². The van der Waals surface area contributed by atoms with Crippen LogP contribution in [0.25, 0.3) is 0 Å². The monoisotopic (exact) mass is 431 g/mol. The molecule has 1 N–H and O–H groups in total. The molecule has 0 unspecified atom stereocenters. The first-order valence-corrected chi connectivity index (χ1v) is 9.06. The van der Waals surface area contributed by atoms with Gasteiger partial charge in [-0.3, -0.25) is 14.2 Å². The van der Waals surface area contributed by atoms with Gasteiger partial charge in [-0.05, 0) is 17.7 Å². The van der Waals surface area contributed by atoms with Crippen LogP contribution in [0.3, 0.4) is 0 Å². The van der Waals surface area contributed by atoms with E-state index in [9.17, 15) is 4.79 Å².